The van der Waals surface area contributed by atoms with Crippen molar-refractivity contribution in [3.63, 3.8) is 0 Å². The molecule has 0 heterocycles. The topological polar surface area (TPSA) is 66.4 Å². The molecule has 0 aliphatic carbocycles. The van der Waals surface area contributed by atoms with Crippen LogP contribution in [0.25, 0.3) is 0 Å². The highest BCUT2D eigenvalue weighted by Crippen LogP contribution is 1.86. The Hall–Kier alpha value is -0.130. The van der Waals surface area contributed by atoms with Crippen LogP contribution in [0.2, 0.25) is 0 Å². The highest BCUT2D eigenvalue weighted by atomic mass is 32.2. The monoisotopic (exact) mass is 181 g/mol. The molecule has 0 aromatic heterocycles. The summed E-state index contributed by atoms with van der Waals surface area (Å²) in [5.74, 6) is -0.149. The SMILES string of the molecule is CCCNCCCS(=O)(=O)O. The number of nitrogens with one attached hydrogen (secondary N) is 1. The predicted octanol–water partition coefficient (Wildman–Crippen LogP) is 0.264. The molecule has 4 nitrogen and oxygen atoms in total. The van der Waals surface area contributed by atoms with Crippen molar-refractivity contribution in [1.29, 1.82) is 0 Å². The molecule has 0 spiro atoms. The van der Waals surface area contributed by atoms with Crippen LogP contribution >= 0.6 is 0 Å². The van der Waals surface area contributed by atoms with Gasteiger partial charge in [0, 0.05) is 0 Å². The van der Waals surface area contributed by atoms with Crippen LogP contribution in [0.1, 0.15) is 19.8 Å². The van der Waals surface area contributed by atoms with Gasteiger partial charge in [-0.05, 0) is 25.9 Å². The van der Waals surface area contributed by atoms with Gasteiger partial charge in [0.2, 0.25) is 0 Å². The van der Waals surface area contributed by atoms with Gasteiger partial charge in [0.15, 0.2) is 0 Å². The number of rotatable bonds is 6. The first-order valence-corrected chi connectivity index (χ1v) is 5.33. The van der Waals surface area contributed by atoms with Crippen molar-refractivity contribution in [3.05, 3.63) is 0 Å². The molecule has 11 heavy (non-hydrogen) atoms. The molecular weight excluding hydrogens is 166 g/mol. The average Bonchev–Trinajstić information content (AvgIpc) is 1.85. The zero-order chi connectivity index (χ0) is 8.74. The van der Waals surface area contributed by atoms with Crippen LogP contribution < -0.4 is 5.32 Å². The van der Waals surface area contributed by atoms with E-state index in [0.29, 0.717) is 13.0 Å². The Morgan fingerprint density at radius 1 is 1.36 bits per heavy atom. The molecule has 0 saturated carbocycles. The summed E-state index contributed by atoms with van der Waals surface area (Å²) in [6, 6.07) is 0. The zero-order valence-electron chi connectivity index (χ0n) is 6.71. The fourth-order valence-corrected chi connectivity index (χ4v) is 1.19. The van der Waals surface area contributed by atoms with Gasteiger partial charge < -0.3 is 5.32 Å². The summed E-state index contributed by atoms with van der Waals surface area (Å²) >= 11 is 0. The number of hydrogen-bond donors (Lipinski definition) is 2. The Kier molecular flexibility index (Phi) is 5.45. The Morgan fingerprint density at radius 2 is 2.00 bits per heavy atom. The number of hydrogen-bond acceptors (Lipinski definition) is 3. The molecule has 0 aliphatic rings. The van der Waals surface area contributed by atoms with Crippen LogP contribution in [0.5, 0.6) is 0 Å². The molecule has 5 heteroatoms. The van der Waals surface area contributed by atoms with Gasteiger partial charge in [-0.25, -0.2) is 0 Å². The summed E-state index contributed by atoms with van der Waals surface area (Å²) in [5.41, 5.74) is 0. The van der Waals surface area contributed by atoms with Crippen molar-refractivity contribution >= 4 is 10.1 Å². The van der Waals surface area contributed by atoms with Crippen LogP contribution in [0, 0.1) is 0 Å². The van der Waals surface area contributed by atoms with Gasteiger partial charge in [0.1, 0.15) is 0 Å². The van der Waals surface area contributed by atoms with E-state index in [0.717, 1.165) is 13.0 Å². The van der Waals surface area contributed by atoms with Gasteiger partial charge in [-0.3, -0.25) is 4.55 Å². The minimum absolute atomic E-state index is 0.149. The molecule has 0 aromatic rings. The van der Waals surface area contributed by atoms with Crippen LogP contribution in [0.3, 0.4) is 0 Å². The molecule has 0 aromatic carbocycles. The van der Waals surface area contributed by atoms with E-state index in [-0.39, 0.29) is 5.75 Å². The molecule has 0 unspecified atom stereocenters. The summed E-state index contributed by atoms with van der Waals surface area (Å²) in [7, 11) is -3.75. The van der Waals surface area contributed by atoms with Crippen molar-refractivity contribution in [3.8, 4) is 0 Å². The second-order valence-corrected chi connectivity index (χ2v) is 3.96. The lowest BCUT2D eigenvalue weighted by molar-refractivity contribution is 0.479. The van der Waals surface area contributed by atoms with E-state index >= 15 is 0 Å². The molecule has 0 radical (unpaired) electrons. The molecule has 2 N–H and O–H groups in total. The van der Waals surface area contributed by atoms with Crippen molar-refractivity contribution < 1.29 is 13.0 Å². The molecule has 0 fully saturated rings. The van der Waals surface area contributed by atoms with Crippen molar-refractivity contribution in [2.24, 2.45) is 0 Å². The lowest BCUT2D eigenvalue weighted by Gasteiger charge is -2.00. The second kappa shape index (κ2) is 5.51. The average molecular weight is 181 g/mol. The smallest absolute Gasteiger partial charge is 0.264 e. The highest BCUT2D eigenvalue weighted by molar-refractivity contribution is 7.85. The fraction of sp³-hybridized carbons (Fsp3) is 1.00. The molecule has 68 valence electrons. The molecule has 0 atom stereocenters. The third-order valence-corrected chi connectivity index (χ3v) is 1.99. The van der Waals surface area contributed by atoms with Gasteiger partial charge >= 0.3 is 0 Å². The Morgan fingerprint density at radius 3 is 2.45 bits per heavy atom. The maximum Gasteiger partial charge on any atom is 0.264 e. The fourth-order valence-electron chi connectivity index (χ4n) is 0.681. The third kappa shape index (κ3) is 9.87. The molecular formula is C6H15NO3S. The van der Waals surface area contributed by atoms with E-state index in [2.05, 4.69) is 5.32 Å². The van der Waals surface area contributed by atoms with E-state index < -0.39 is 10.1 Å². The Bertz CT molecular complexity index is 176. The summed E-state index contributed by atoms with van der Waals surface area (Å²) in [6.45, 7) is 3.58. The molecule has 0 aliphatic heterocycles. The van der Waals surface area contributed by atoms with Crippen LogP contribution in [0.4, 0.5) is 0 Å². The minimum atomic E-state index is -3.75. The van der Waals surface area contributed by atoms with Crippen LogP contribution in [0.15, 0.2) is 0 Å². The van der Waals surface area contributed by atoms with Crippen molar-refractivity contribution in [2.45, 2.75) is 19.8 Å². The van der Waals surface area contributed by atoms with Gasteiger partial charge in [-0.2, -0.15) is 8.42 Å². The first-order valence-electron chi connectivity index (χ1n) is 3.72. The molecule has 0 amide bonds. The first-order chi connectivity index (χ1) is 5.06. The lowest BCUT2D eigenvalue weighted by Crippen LogP contribution is -2.18. The quantitative estimate of drug-likeness (QED) is 0.456. The van der Waals surface area contributed by atoms with E-state index in [1.165, 1.54) is 0 Å². The van der Waals surface area contributed by atoms with Gasteiger partial charge in [0.05, 0.1) is 5.75 Å². The maximum atomic E-state index is 10.2. The summed E-state index contributed by atoms with van der Waals surface area (Å²) in [4.78, 5) is 0. The zero-order valence-corrected chi connectivity index (χ0v) is 7.52. The summed E-state index contributed by atoms with van der Waals surface area (Å²) in [5, 5.41) is 3.03. The molecule has 0 bridgehead atoms. The summed E-state index contributed by atoms with van der Waals surface area (Å²) in [6.07, 6.45) is 1.50. The van der Waals surface area contributed by atoms with E-state index in [1.807, 2.05) is 6.92 Å². The third-order valence-electron chi connectivity index (χ3n) is 1.18. The van der Waals surface area contributed by atoms with Crippen LogP contribution in [-0.2, 0) is 10.1 Å². The predicted molar refractivity (Wildman–Crippen MR) is 44.2 cm³/mol. The van der Waals surface area contributed by atoms with E-state index in [4.69, 9.17) is 4.55 Å². The van der Waals surface area contributed by atoms with Crippen molar-refractivity contribution in [1.82, 2.24) is 5.32 Å². The second-order valence-electron chi connectivity index (χ2n) is 2.39. The lowest BCUT2D eigenvalue weighted by atomic mass is 10.4. The summed E-state index contributed by atoms with van der Waals surface area (Å²) < 4.78 is 28.7. The van der Waals surface area contributed by atoms with Crippen LogP contribution in [-0.4, -0.2) is 31.8 Å². The Balaban J connectivity index is 3.16. The van der Waals surface area contributed by atoms with E-state index in [9.17, 15) is 8.42 Å². The largest absolute Gasteiger partial charge is 0.317 e. The standard InChI is InChI=1S/C6H15NO3S/c1-2-4-7-5-3-6-11(8,9)10/h7H,2-6H2,1H3,(H,8,9,10). The molecule has 0 rings (SSSR count). The Labute approximate surface area is 67.7 Å². The van der Waals surface area contributed by atoms with E-state index in [1.54, 1.807) is 0 Å². The van der Waals surface area contributed by atoms with Crippen molar-refractivity contribution in [2.75, 3.05) is 18.8 Å². The van der Waals surface area contributed by atoms with Gasteiger partial charge in [0.25, 0.3) is 10.1 Å². The highest BCUT2D eigenvalue weighted by Gasteiger charge is 2.01. The normalized spacial score (nSPS) is 11.8. The van der Waals surface area contributed by atoms with Gasteiger partial charge in [-0.1, -0.05) is 6.92 Å². The minimum Gasteiger partial charge on any atom is -0.317 e. The molecule has 0 saturated heterocycles. The van der Waals surface area contributed by atoms with Gasteiger partial charge in [-0.15, -0.1) is 0 Å². The first kappa shape index (κ1) is 10.9. The maximum absolute atomic E-state index is 10.2.